The molecule has 1 aromatic heterocycles. The van der Waals surface area contributed by atoms with Crippen LogP contribution in [0.15, 0.2) is 45.9 Å². The molecule has 7 nitrogen and oxygen atoms in total. The van der Waals surface area contributed by atoms with Crippen molar-refractivity contribution < 1.29 is 22.4 Å². The van der Waals surface area contributed by atoms with Crippen molar-refractivity contribution in [2.75, 3.05) is 19.7 Å². The Balaban J connectivity index is 1.58. The molecule has 1 aliphatic rings. The van der Waals surface area contributed by atoms with Crippen LogP contribution >= 0.6 is 11.6 Å². The zero-order valence-corrected chi connectivity index (χ0v) is 16.3. The molecule has 2 aromatic rings. The van der Waals surface area contributed by atoms with Gasteiger partial charge >= 0.3 is 0 Å². The predicted molar refractivity (Wildman–Crippen MR) is 100 cm³/mol. The van der Waals surface area contributed by atoms with Gasteiger partial charge in [0.25, 0.3) is 5.91 Å². The summed E-state index contributed by atoms with van der Waals surface area (Å²) in [6.45, 7) is 1.07. The van der Waals surface area contributed by atoms with Crippen LogP contribution in [-0.2, 0) is 21.4 Å². The molecule has 0 atom stereocenters. The van der Waals surface area contributed by atoms with Crippen molar-refractivity contribution in [1.82, 2.24) is 9.62 Å². The van der Waals surface area contributed by atoms with E-state index in [0.29, 0.717) is 18.8 Å². The molecule has 0 bridgehead atoms. The molecule has 1 saturated heterocycles. The number of piperidine rings is 1. The lowest BCUT2D eigenvalue weighted by atomic mass is 10.2. The molecule has 0 saturated carbocycles. The minimum Gasteiger partial charge on any atom is -0.482 e. The fourth-order valence-corrected chi connectivity index (χ4v) is 4.65. The van der Waals surface area contributed by atoms with Gasteiger partial charge < -0.3 is 14.5 Å². The topological polar surface area (TPSA) is 88.9 Å². The first-order valence-corrected chi connectivity index (χ1v) is 10.5. The zero-order valence-electron chi connectivity index (χ0n) is 14.7. The lowest BCUT2D eigenvalue weighted by molar-refractivity contribution is -0.123. The maximum Gasteiger partial charge on any atom is 0.258 e. The second-order valence-corrected chi connectivity index (χ2v) is 8.55. The van der Waals surface area contributed by atoms with Crippen LogP contribution in [0.1, 0.15) is 25.0 Å². The third kappa shape index (κ3) is 5.03. The quantitative estimate of drug-likeness (QED) is 0.755. The number of carbonyl (C=O) groups is 1. The zero-order chi connectivity index (χ0) is 19.3. The van der Waals surface area contributed by atoms with Crippen LogP contribution in [0, 0.1) is 0 Å². The number of hydrogen-bond acceptors (Lipinski definition) is 5. The van der Waals surface area contributed by atoms with E-state index in [1.807, 2.05) is 0 Å². The number of amides is 1. The number of hydrogen-bond donors (Lipinski definition) is 1. The van der Waals surface area contributed by atoms with E-state index in [-0.39, 0.29) is 34.7 Å². The first-order chi connectivity index (χ1) is 13.0. The first kappa shape index (κ1) is 19.7. The molecular formula is C18H21ClN2O5S. The predicted octanol–water partition coefficient (Wildman–Crippen LogP) is 2.80. The number of halogens is 1. The minimum atomic E-state index is -3.56. The van der Waals surface area contributed by atoms with Gasteiger partial charge in [-0.05, 0) is 43.2 Å². The van der Waals surface area contributed by atoms with Gasteiger partial charge in [-0.3, -0.25) is 4.79 Å². The molecule has 9 heteroatoms. The lowest BCUT2D eigenvalue weighted by Crippen LogP contribution is -2.35. The largest absolute Gasteiger partial charge is 0.482 e. The number of nitrogens with one attached hydrogen (secondary N) is 1. The van der Waals surface area contributed by atoms with Gasteiger partial charge in [0.05, 0.1) is 22.7 Å². The molecule has 146 valence electrons. The number of sulfonamides is 1. The molecule has 0 radical (unpaired) electrons. The van der Waals surface area contributed by atoms with E-state index < -0.39 is 10.0 Å². The van der Waals surface area contributed by atoms with Crippen LogP contribution in [0.5, 0.6) is 5.75 Å². The highest BCUT2D eigenvalue weighted by atomic mass is 35.5. The number of nitrogens with zero attached hydrogens (tertiary/aromatic N) is 1. The van der Waals surface area contributed by atoms with Crippen molar-refractivity contribution >= 4 is 27.5 Å². The van der Waals surface area contributed by atoms with Gasteiger partial charge in [-0.1, -0.05) is 18.0 Å². The van der Waals surface area contributed by atoms with E-state index in [4.69, 9.17) is 20.8 Å². The number of furan rings is 1. The molecule has 1 aliphatic heterocycles. The third-order valence-corrected chi connectivity index (χ3v) is 6.44. The number of benzene rings is 1. The lowest BCUT2D eigenvalue weighted by Gasteiger charge is -2.26. The fraction of sp³-hybridized carbons (Fsp3) is 0.389. The summed E-state index contributed by atoms with van der Waals surface area (Å²) in [5, 5.41) is 2.80. The van der Waals surface area contributed by atoms with Crippen LogP contribution in [-0.4, -0.2) is 38.3 Å². The van der Waals surface area contributed by atoms with Gasteiger partial charge in [-0.15, -0.1) is 0 Å². The van der Waals surface area contributed by atoms with E-state index in [0.717, 1.165) is 19.3 Å². The van der Waals surface area contributed by atoms with Crippen LogP contribution in [0.25, 0.3) is 0 Å². The molecule has 1 N–H and O–H groups in total. The maximum atomic E-state index is 12.7. The molecule has 1 fully saturated rings. The van der Waals surface area contributed by atoms with Gasteiger partial charge in [-0.25, -0.2) is 8.42 Å². The number of rotatable bonds is 7. The SMILES string of the molecule is O=C(COc1ccc(S(=O)(=O)N2CCCCC2)cc1Cl)NCc1ccco1. The van der Waals surface area contributed by atoms with Crippen molar-refractivity contribution in [2.24, 2.45) is 0 Å². The van der Waals surface area contributed by atoms with E-state index in [1.54, 1.807) is 12.1 Å². The molecule has 3 rings (SSSR count). The highest BCUT2D eigenvalue weighted by Crippen LogP contribution is 2.29. The van der Waals surface area contributed by atoms with Crippen LogP contribution < -0.4 is 10.1 Å². The Kier molecular flexibility index (Phi) is 6.41. The normalized spacial score (nSPS) is 15.4. The summed E-state index contributed by atoms with van der Waals surface area (Å²) in [7, 11) is -3.56. The Hall–Kier alpha value is -2.03. The molecular weight excluding hydrogens is 392 g/mol. The highest BCUT2D eigenvalue weighted by Gasteiger charge is 2.26. The third-order valence-electron chi connectivity index (χ3n) is 4.25. The summed E-state index contributed by atoms with van der Waals surface area (Å²) in [6, 6.07) is 7.77. The minimum absolute atomic E-state index is 0.129. The van der Waals surface area contributed by atoms with Gasteiger partial charge in [0, 0.05) is 13.1 Å². The van der Waals surface area contributed by atoms with E-state index in [1.165, 1.54) is 28.8 Å². The van der Waals surface area contributed by atoms with E-state index >= 15 is 0 Å². The summed E-state index contributed by atoms with van der Waals surface area (Å²) in [5.41, 5.74) is 0. The number of ether oxygens (including phenoxy) is 1. The Morgan fingerprint density at radius 3 is 2.67 bits per heavy atom. The highest BCUT2D eigenvalue weighted by molar-refractivity contribution is 7.89. The monoisotopic (exact) mass is 412 g/mol. The Morgan fingerprint density at radius 2 is 2.00 bits per heavy atom. The molecule has 1 amide bonds. The molecule has 0 unspecified atom stereocenters. The fourth-order valence-electron chi connectivity index (χ4n) is 2.81. The molecule has 0 aliphatic carbocycles. The smallest absolute Gasteiger partial charge is 0.258 e. The second kappa shape index (κ2) is 8.77. The van der Waals surface area contributed by atoms with Crippen molar-refractivity contribution in [3.8, 4) is 5.75 Å². The standard InChI is InChI=1S/C18H21ClN2O5S/c19-16-11-15(27(23,24)21-8-2-1-3-9-21)6-7-17(16)26-13-18(22)20-12-14-5-4-10-25-14/h4-7,10-11H,1-3,8-9,12-13H2,(H,20,22). The van der Waals surface area contributed by atoms with Gasteiger partial charge in [0.2, 0.25) is 10.0 Å². The second-order valence-electron chi connectivity index (χ2n) is 6.20. The van der Waals surface area contributed by atoms with Crippen LogP contribution in [0.4, 0.5) is 0 Å². The van der Waals surface area contributed by atoms with Gasteiger partial charge in [-0.2, -0.15) is 4.31 Å². The van der Waals surface area contributed by atoms with Crippen molar-refractivity contribution in [3.05, 3.63) is 47.4 Å². The molecule has 2 heterocycles. The van der Waals surface area contributed by atoms with Crippen molar-refractivity contribution in [2.45, 2.75) is 30.7 Å². The summed E-state index contributed by atoms with van der Waals surface area (Å²) in [6.07, 6.45) is 4.29. The summed E-state index contributed by atoms with van der Waals surface area (Å²) < 4.78 is 37.3. The summed E-state index contributed by atoms with van der Waals surface area (Å²) >= 11 is 6.16. The Bertz CT molecular complexity index is 877. The number of carbonyl (C=O) groups excluding carboxylic acids is 1. The van der Waals surface area contributed by atoms with Crippen molar-refractivity contribution in [1.29, 1.82) is 0 Å². The van der Waals surface area contributed by atoms with Gasteiger partial charge in [0.15, 0.2) is 6.61 Å². The van der Waals surface area contributed by atoms with E-state index in [9.17, 15) is 13.2 Å². The van der Waals surface area contributed by atoms with E-state index in [2.05, 4.69) is 5.32 Å². The Morgan fingerprint density at radius 1 is 1.22 bits per heavy atom. The Labute approximate surface area is 163 Å². The summed E-state index contributed by atoms with van der Waals surface area (Å²) in [5.74, 6) is 0.545. The first-order valence-electron chi connectivity index (χ1n) is 8.68. The molecule has 1 aromatic carbocycles. The molecule has 27 heavy (non-hydrogen) atoms. The van der Waals surface area contributed by atoms with Crippen molar-refractivity contribution in [3.63, 3.8) is 0 Å². The molecule has 0 spiro atoms. The van der Waals surface area contributed by atoms with Gasteiger partial charge in [0.1, 0.15) is 11.5 Å². The average Bonchev–Trinajstić information content (AvgIpc) is 3.19. The maximum absolute atomic E-state index is 12.7. The van der Waals surface area contributed by atoms with Crippen LogP contribution in [0.3, 0.4) is 0 Å². The van der Waals surface area contributed by atoms with Crippen LogP contribution in [0.2, 0.25) is 5.02 Å². The average molecular weight is 413 g/mol. The summed E-state index contributed by atoms with van der Waals surface area (Å²) in [4.78, 5) is 12.0.